The SMILES string of the molecule is CNC(C)c1ccc(SCc2ccccc2[N+](=O)[O-])cc1. The van der Waals surface area contributed by atoms with Crippen LogP contribution in [-0.4, -0.2) is 12.0 Å². The van der Waals surface area contributed by atoms with Crippen molar-refractivity contribution in [2.75, 3.05) is 7.05 Å². The number of nitro groups is 1. The van der Waals surface area contributed by atoms with Crippen molar-refractivity contribution >= 4 is 17.4 Å². The van der Waals surface area contributed by atoms with E-state index in [2.05, 4.69) is 36.5 Å². The van der Waals surface area contributed by atoms with Gasteiger partial charge in [0.2, 0.25) is 0 Å². The molecule has 0 amide bonds. The van der Waals surface area contributed by atoms with Crippen LogP contribution >= 0.6 is 11.8 Å². The van der Waals surface area contributed by atoms with Crippen LogP contribution in [-0.2, 0) is 5.75 Å². The molecule has 0 fully saturated rings. The van der Waals surface area contributed by atoms with Gasteiger partial charge in [0.05, 0.1) is 4.92 Å². The summed E-state index contributed by atoms with van der Waals surface area (Å²) in [5.41, 5.74) is 2.16. The molecular formula is C16H18N2O2S. The van der Waals surface area contributed by atoms with Crippen LogP contribution in [0.3, 0.4) is 0 Å². The van der Waals surface area contributed by atoms with Gasteiger partial charge in [-0.25, -0.2) is 0 Å². The zero-order valence-corrected chi connectivity index (χ0v) is 12.9. The lowest BCUT2D eigenvalue weighted by Crippen LogP contribution is -2.11. The molecule has 2 rings (SSSR count). The number of hydrogen-bond acceptors (Lipinski definition) is 4. The van der Waals surface area contributed by atoms with Crippen LogP contribution in [0.5, 0.6) is 0 Å². The van der Waals surface area contributed by atoms with Crippen molar-refractivity contribution in [3.63, 3.8) is 0 Å². The number of hydrogen-bond donors (Lipinski definition) is 1. The highest BCUT2D eigenvalue weighted by molar-refractivity contribution is 7.98. The average Bonchev–Trinajstić information content (AvgIpc) is 2.52. The molecule has 0 aliphatic rings. The quantitative estimate of drug-likeness (QED) is 0.494. The fraction of sp³-hybridized carbons (Fsp3) is 0.250. The average molecular weight is 302 g/mol. The van der Waals surface area contributed by atoms with Gasteiger partial charge in [-0.15, -0.1) is 11.8 Å². The summed E-state index contributed by atoms with van der Waals surface area (Å²) in [5, 5.41) is 14.2. The van der Waals surface area contributed by atoms with Crippen molar-refractivity contribution in [2.24, 2.45) is 0 Å². The van der Waals surface area contributed by atoms with Gasteiger partial charge in [-0.2, -0.15) is 0 Å². The predicted octanol–water partition coefficient (Wildman–Crippen LogP) is 4.17. The normalized spacial score (nSPS) is 12.1. The summed E-state index contributed by atoms with van der Waals surface area (Å²) in [6.07, 6.45) is 0. The third-order valence-electron chi connectivity index (χ3n) is 3.40. The molecule has 0 aliphatic heterocycles. The Morgan fingerprint density at radius 2 is 1.86 bits per heavy atom. The van der Waals surface area contributed by atoms with Gasteiger partial charge in [-0.05, 0) is 31.7 Å². The van der Waals surface area contributed by atoms with Crippen LogP contribution < -0.4 is 5.32 Å². The van der Waals surface area contributed by atoms with Gasteiger partial charge in [-0.3, -0.25) is 10.1 Å². The number of rotatable bonds is 6. The molecule has 0 radical (unpaired) electrons. The van der Waals surface area contributed by atoms with Crippen molar-refractivity contribution in [2.45, 2.75) is 23.6 Å². The molecular weight excluding hydrogens is 284 g/mol. The van der Waals surface area contributed by atoms with Crippen LogP contribution in [0.15, 0.2) is 53.4 Å². The van der Waals surface area contributed by atoms with E-state index in [4.69, 9.17) is 0 Å². The smallest absolute Gasteiger partial charge is 0.273 e. The van der Waals surface area contributed by atoms with Crippen molar-refractivity contribution in [3.05, 3.63) is 69.8 Å². The molecule has 0 bridgehead atoms. The van der Waals surface area contributed by atoms with E-state index in [9.17, 15) is 10.1 Å². The maximum absolute atomic E-state index is 11.0. The van der Waals surface area contributed by atoms with Crippen molar-refractivity contribution in [1.82, 2.24) is 5.32 Å². The van der Waals surface area contributed by atoms with Crippen LogP contribution in [0.2, 0.25) is 0 Å². The fourth-order valence-corrected chi connectivity index (χ4v) is 2.89. The second-order valence-electron chi connectivity index (χ2n) is 4.75. The lowest BCUT2D eigenvalue weighted by atomic mass is 10.1. The van der Waals surface area contributed by atoms with Gasteiger partial charge in [0, 0.05) is 28.3 Å². The van der Waals surface area contributed by atoms with Crippen molar-refractivity contribution in [1.29, 1.82) is 0 Å². The minimum atomic E-state index is -0.326. The molecule has 1 atom stereocenters. The summed E-state index contributed by atoms with van der Waals surface area (Å²) in [7, 11) is 1.93. The minimum Gasteiger partial charge on any atom is -0.313 e. The van der Waals surface area contributed by atoms with Crippen LogP contribution in [0.1, 0.15) is 24.1 Å². The molecule has 2 aromatic rings. The van der Waals surface area contributed by atoms with Gasteiger partial charge in [-0.1, -0.05) is 30.3 Å². The number of nitrogens with zero attached hydrogens (tertiary/aromatic N) is 1. The van der Waals surface area contributed by atoms with E-state index in [0.717, 1.165) is 10.5 Å². The summed E-state index contributed by atoms with van der Waals surface area (Å²) < 4.78 is 0. The Bertz CT molecular complexity index is 614. The number of thioether (sulfide) groups is 1. The number of benzene rings is 2. The highest BCUT2D eigenvalue weighted by Gasteiger charge is 2.12. The summed E-state index contributed by atoms with van der Waals surface area (Å²) in [4.78, 5) is 11.8. The Kier molecular flexibility index (Phi) is 5.36. The number of nitro benzene ring substituents is 1. The Hall–Kier alpha value is -1.85. The van der Waals surface area contributed by atoms with E-state index in [-0.39, 0.29) is 10.6 Å². The molecule has 110 valence electrons. The first-order chi connectivity index (χ1) is 10.1. The maximum Gasteiger partial charge on any atom is 0.273 e. The topological polar surface area (TPSA) is 55.2 Å². The summed E-state index contributed by atoms with van der Waals surface area (Å²) >= 11 is 1.61. The monoisotopic (exact) mass is 302 g/mol. The molecule has 0 spiro atoms. The molecule has 0 aromatic heterocycles. The molecule has 4 nitrogen and oxygen atoms in total. The third kappa shape index (κ3) is 4.06. The summed E-state index contributed by atoms with van der Waals surface area (Å²) in [6, 6.07) is 15.5. The molecule has 1 N–H and O–H groups in total. The minimum absolute atomic E-state index is 0.186. The third-order valence-corrected chi connectivity index (χ3v) is 4.46. The maximum atomic E-state index is 11.0. The molecule has 1 unspecified atom stereocenters. The number of para-hydroxylation sites is 1. The molecule has 21 heavy (non-hydrogen) atoms. The second-order valence-corrected chi connectivity index (χ2v) is 5.80. The molecule has 0 heterocycles. The lowest BCUT2D eigenvalue weighted by Gasteiger charge is -2.11. The zero-order valence-electron chi connectivity index (χ0n) is 12.1. The summed E-state index contributed by atoms with van der Waals surface area (Å²) in [5.74, 6) is 0.595. The highest BCUT2D eigenvalue weighted by Crippen LogP contribution is 2.28. The second kappa shape index (κ2) is 7.24. The first-order valence-electron chi connectivity index (χ1n) is 6.74. The van der Waals surface area contributed by atoms with Gasteiger partial charge >= 0.3 is 0 Å². The van der Waals surface area contributed by atoms with E-state index in [0.29, 0.717) is 11.8 Å². The van der Waals surface area contributed by atoms with E-state index in [1.54, 1.807) is 23.9 Å². The highest BCUT2D eigenvalue weighted by atomic mass is 32.2. The molecule has 0 aliphatic carbocycles. The van der Waals surface area contributed by atoms with E-state index < -0.39 is 0 Å². The lowest BCUT2D eigenvalue weighted by molar-refractivity contribution is -0.385. The van der Waals surface area contributed by atoms with Crippen LogP contribution in [0.4, 0.5) is 5.69 Å². The van der Waals surface area contributed by atoms with E-state index in [1.165, 1.54) is 5.56 Å². The van der Waals surface area contributed by atoms with Gasteiger partial charge in [0.1, 0.15) is 0 Å². The predicted molar refractivity (Wildman–Crippen MR) is 86.6 cm³/mol. The first-order valence-corrected chi connectivity index (χ1v) is 7.72. The van der Waals surface area contributed by atoms with Crippen molar-refractivity contribution < 1.29 is 4.92 Å². The molecule has 2 aromatic carbocycles. The van der Waals surface area contributed by atoms with Crippen LogP contribution in [0, 0.1) is 10.1 Å². The Labute approximate surface area is 128 Å². The summed E-state index contributed by atoms with van der Waals surface area (Å²) in [6.45, 7) is 2.11. The largest absolute Gasteiger partial charge is 0.313 e. The first kappa shape index (κ1) is 15.5. The van der Waals surface area contributed by atoms with Gasteiger partial charge in [0.25, 0.3) is 5.69 Å². The number of nitrogens with one attached hydrogen (secondary N) is 1. The fourth-order valence-electron chi connectivity index (χ4n) is 1.99. The Morgan fingerprint density at radius 3 is 2.48 bits per heavy atom. The molecule has 0 saturated heterocycles. The Morgan fingerprint density at radius 1 is 1.19 bits per heavy atom. The van der Waals surface area contributed by atoms with Gasteiger partial charge in [0.15, 0.2) is 0 Å². The molecule has 0 saturated carbocycles. The zero-order chi connectivity index (χ0) is 15.2. The van der Waals surface area contributed by atoms with E-state index >= 15 is 0 Å². The standard InChI is InChI=1S/C16H18N2O2S/c1-12(17-2)13-7-9-15(10-8-13)21-11-14-5-3-4-6-16(14)18(19)20/h3-10,12,17H,11H2,1-2H3. The van der Waals surface area contributed by atoms with Crippen LogP contribution in [0.25, 0.3) is 0 Å². The molecule has 5 heteroatoms. The van der Waals surface area contributed by atoms with Gasteiger partial charge < -0.3 is 5.32 Å². The van der Waals surface area contributed by atoms with Crippen molar-refractivity contribution in [3.8, 4) is 0 Å². The Balaban J connectivity index is 2.05. The van der Waals surface area contributed by atoms with E-state index in [1.807, 2.05) is 19.2 Å².